The van der Waals surface area contributed by atoms with Crippen LogP contribution in [0.15, 0.2) is 35.4 Å². The number of amides is 4. The lowest BCUT2D eigenvalue weighted by Gasteiger charge is -2.26. The Hall–Kier alpha value is -4.56. The van der Waals surface area contributed by atoms with Crippen molar-refractivity contribution in [1.29, 1.82) is 0 Å². The highest BCUT2D eigenvalue weighted by atomic mass is 16.6. The number of hydrazine groups is 1. The number of hydrogen-bond acceptors (Lipinski definition) is 10. The summed E-state index contributed by atoms with van der Waals surface area (Å²) in [6, 6.07) is 7.71. The van der Waals surface area contributed by atoms with E-state index in [1.807, 2.05) is 51.1 Å². The van der Waals surface area contributed by atoms with E-state index in [2.05, 4.69) is 31.4 Å². The first-order valence-electron chi connectivity index (χ1n) is 18.4. The molecule has 0 heterocycles. The van der Waals surface area contributed by atoms with Gasteiger partial charge in [-0.25, -0.2) is 14.6 Å². The van der Waals surface area contributed by atoms with Gasteiger partial charge in [0.25, 0.3) is 0 Å². The lowest BCUT2D eigenvalue weighted by atomic mass is 10.0. The van der Waals surface area contributed by atoms with E-state index in [1.165, 1.54) is 5.01 Å². The summed E-state index contributed by atoms with van der Waals surface area (Å²) in [7, 11) is 1.54. The summed E-state index contributed by atoms with van der Waals surface area (Å²) in [4.78, 5) is 66.6. The van der Waals surface area contributed by atoms with Crippen molar-refractivity contribution in [3.8, 4) is 0 Å². The molecule has 53 heavy (non-hydrogen) atoms. The van der Waals surface area contributed by atoms with Crippen molar-refractivity contribution in [1.82, 2.24) is 26.4 Å². The molecule has 0 aromatic heterocycles. The maximum Gasteiger partial charge on any atom is 0.408 e. The molecule has 1 aliphatic carbocycles. The summed E-state index contributed by atoms with van der Waals surface area (Å²) in [6.07, 6.45) is 4.80. The predicted molar refractivity (Wildman–Crippen MR) is 199 cm³/mol. The standard InChI is InChI=1S/C37H60N8O8/c1-36(2,3)52-34(49)39-20-16-11-9-8-10-15-19-29(42-35(50)53-37(4,5)6)33(48)41-30(28-21-27(28)23-40-44-38)22-31(46)43-45(7)24-32(47)51-25-26-17-13-12-14-18-26/h12-14,17-18,27-30H,8-11,15-16,19-25H2,1-7H3,(H,39,49)(H,41,48)(H,42,50)(H,43,46)/t27-,28-,29-,30+/m0/s1. The van der Waals surface area contributed by atoms with Crippen LogP contribution in [-0.4, -0.2) is 84.9 Å². The van der Waals surface area contributed by atoms with Crippen LogP contribution in [0.5, 0.6) is 0 Å². The zero-order chi connectivity index (χ0) is 39.4. The molecule has 296 valence electrons. The SMILES string of the molecule is CN(CC(=O)OCc1ccccc1)NC(=O)C[C@@H](NC(=O)[C@H](CCCCCCCCNC(=O)OC(C)(C)C)NC(=O)OC(C)(C)C)[C@H]1C[C@H]1CN=[N+]=[N-]. The molecule has 0 unspecified atom stereocenters. The predicted octanol–water partition coefficient (Wildman–Crippen LogP) is 5.66. The van der Waals surface area contributed by atoms with Crippen molar-refractivity contribution in [3.63, 3.8) is 0 Å². The molecule has 0 radical (unpaired) electrons. The highest BCUT2D eigenvalue weighted by Gasteiger charge is 2.44. The number of nitrogens with zero attached hydrogens (tertiary/aromatic N) is 4. The number of unbranched alkanes of at least 4 members (excludes halogenated alkanes) is 5. The van der Waals surface area contributed by atoms with E-state index >= 15 is 0 Å². The number of alkyl carbamates (subject to hydrolysis) is 2. The number of azide groups is 1. The van der Waals surface area contributed by atoms with E-state index in [4.69, 9.17) is 19.7 Å². The first-order valence-corrected chi connectivity index (χ1v) is 18.4. The third-order valence-electron chi connectivity index (χ3n) is 8.13. The largest absolute Gasteiger partial charge is 0.460 e. The van der Waals surface area contributed by atoms with E-state index in [0.29, 0.717) is 25.8 Å². The normalized spacial score (nSPS) is 16.3. The average molecular weight is 745 g/mol. The van der Waals surface area contributed by atoms with Gasteiger partial charge in [0.1, 0.15) is 30.4 Å². The molecule has 0 spiro atoms. The minimum absolute atomic E-state index is 0.00806. The summed E-state index contributed by atoms with van der Waals surface area (Å²) in [6.45, 7) is 11.3. The maximum atomic E-state index is 13.7. The Labute approximate surface area is 313 Å². The molecule has 1 aromatic carbocycles. The molecule has 1 fully saturated rings. The van der Waals surface area contributed by atoms with Crippen molar-refractivity contribution in [2.75, 3.05) is 26.7 Å². The minimum Gasteiger partial charge on any atom is -0.460 e. The van der Waals surface area contributed by atoms with Gasteiger partial charge in [-0.2, -0.15) is 0 Å². The van der Waals surface area contributed by atoms with Gasteiger partial charge in [0.2, 0.25) is 11.8 Å². The third-order valence-corrected chi connectivity index (χ3v) is 8.13. The number of hydrogen-bond donors (Lipinski definition) is 4. The van der Waals surface area contributed by atoms with Crippen LogP contribution in [0.2, 0.25) is 0 Å². The molecule has 2 rings (SSSR count). The van der Waals surface area contributed by atoms with Gasteiger partial charge in [-0.1, -0.05) is 67.6 Å². The highest BCUT2D eigenvalue weighted by molar-refractivity contribution is 5.86. The number of likely N-dealkylation sites (N-methyl/N-ethyl adjacent to an activating group) is 1. The molecule has 1 aliphatic rings. The van der Waals surface area contributed by atoms with Gasteiger partial charge in [-0.3, -0.25) is 19.8 Å². The smallest absolute Gasteiger partial charge is 0.408 e. The van der Waals surface area contributed by atoms with Crippen LogP contribution in [0, 0.1) is 11.8 Å². The molecule has 16 nitrogen and oxygen atoms in total. The van der Waals surface area contributed by atoms with Crippen LogP contribution in [-0.2, 0) is 35.2 Å². The lowest BCUT2D eigenvalue weighted by Crippen LogP contribution is -2.52. The molecule has 0 bridgehead atoms. The fraction of sp³-hybridized carbons (Fsp3) is 0.703. The van der Waals surface area contributed by atoms with E-state index < -0.39 is 53.3 Å². The number of esters is 1. The number of carbonyl (C=O) groups excluding carboxylic acids is 5. The van der Waals surface area contributed by atoms with Gasteiger partial charge in [-0.15, -0.1) is 0 Å². The quantitative estimate of drug-likeness (QED) is 0.0219. The summed E-state index contributed by atoms with van der Waals surface area (Å²) in [5, 5.41) is 13.4. The summed E-state index contributed by atoms with van der Waals surface area (Å²) in [5.41, 5.74) is 11.0. The van der Waals surface area contributed by atoms with Gasteiger partial charge in [0, 0.05) is 37.5 Å². The molecule has 0 aliphatic heterocycles. The maximum absolute atomic E-state index is 13.7. The minimum atomic E-state index is -0.912. The monoisotopic (exact) mass is 744 g/mol. The topological polar surface area (TPSA) is 213 Å². The third kappa shape index (κ3) is 20.9. The summed E-state index contributed by atoms with van der Waals surface area (Å²) >= 11 is 0. The molecular weight excluding hydrogens is 684 g/mol. The van der Waals surface area contributed by atoms with Crippen LogP contribution >= 0.6 is 0 Å². The van der Waals surface area contributed by atoms with E-state index in [1.54, 1.807) is 27.8 Å². The first kappa shape index (κ1) is 44.6. The zero-order valence-electron chi connectivity index (χ0n) is 32.4. The fourth-order valence-corrected chi connectivity index (χ4v) is 5.59. The lowest BCUT2D eigenvalue weighted by molar-refractivity contribution is -0.147. The van der Waals surface area contributed by atoms with Crippen molar-refractivity contribution in [2.24, 2.45) is 17.0 Å². The molecule has 4 atom stereocenters. The van der Waals surface area contributed by atoms with E-state index in [-0.39, 0.29) is 38.0 Å². The number of ether oxygens (including phenoxy) is 3. The average Bonchev–Trinajstić information content (AvgIpc) is 3.83. The van der Waals surface area contributed by atoms with Crippen LogP contribution < -0.4 is 21.4 Å². The summed E-state index contributed by atoms with van der Waals surface area (Å²) in [5.74, 6) is -1.53. The summed E-state index contributed by atoms with van der Waals surface area (Å²) < 4.78 is 16.0. The molecule has 4 amide bonds. The van der Waals surface area contributed by atoms with Gasteiger partial charge >= 0.3 is 18.2 Å². The van der Waals surface area contributed by atoms with Crippen LogP contribution in [0.1, 0.15) is 105 Å². The van der Waals surface area contributed by atoms with Crippen molar-refractivity contribution >= 4 is 30.0 Å². The number of rotatable bonds is 22. The molecule has 4 N–H and O–H groups in total. The van der Waals surface area contributed by atoms with Gasteiger partial charge < -0.3 is 30.2 Å². The van der Waals surface area contributed by atoms with Crippen LogP contribution in [0.3, 0.4) is 0 Å². The fourth-order valence-electron chi connectivity index (χ4n) is 5.59. The Kier molecular flexibility index (Phi) is 18.9. The number of carbonyl (C=O) groups is 5. The van der Waals surface area contributed by atoms with Crippen molar-refractivity contribution in [3.05, 3.63) is 46.3 Å². The molecule has 1 aromatic rings. The number of benzene rings is 1. The molecule has 16 heteroatoms. The van der Waals surface area contributed by atoms with Crippen LogP contribution in [0.4, 0.5) is 9.59 Å². The van der Waals surface area contributed by atoms with Gasteiger partial charge in [0.15, 0.2) is 0 Å². The van der Waals surface area contributed by atoms with Gasteiger partial charge in [-0.05, 0) is 83.7 Å². The molecule has 1 saturated carbocycles. The Bertz CT molecular complexity index is 1370. The number of nitrogens with one attached hydrogen (secondary N) is 4. The van der Waals surface area contributed by atoms with Crippen LogP contribution in [0.25, 0.3) is 10.4 Å². The second kappa shape index (κ2) is 22.5. The van der Waals surface area contributed by atoms with Gasteiger partial charge in [0.05, 0.1) is 0 Å². The van der Waals surface area contributed by atoms with Crippen molar-refractivity contribution < 1.29 is 38.2 Å². The zero-order valence-corrected chi connectivity index (χ0v) is 32.4. The molecular formula is C37H60N8O8. The second-order valence-corrected chi connectivity index (χ2v) is 15.5. The van der Waals surface area contributed by atoms with E-state index in [0.717, 1.165) is 37.7 Å². The van der Waals surface area contributed by atoms with Crippen molar-refractivity contribution in [2.45, 2.75) is 129 Å². The Balaban J connectivity index is 1.94. The Morgan fingerprint density at radius 2 is 1.53 bits per heavy atom. The second-order valence-electron chi connectivity index (χ2n) is 15.5. The van der Waals surface area contributed by atoms with E-state index in [9.17, 15) is 24.0 Å². The highest BCUT2D eigenvalue weighted by Crippen LogP contribution is 2.42. The Morgan fingerprint density at radius 3 is 2.17 bits per heavy atom. The molecule has 0 saturated heterocycles. The Morgan fingerprint density at radius 1 is 0.906 bits per heavy atom. The first-order chi connectivity index (χ1) is 25.0.